The molecule has 0 spiro atoms. The molecule has 5 rings (SSSR count). The first kappa shape index (κ1) is 18.2. The minimum Gasteiger partial charge on any atom is -0.268 e. The second-order valence-corrected chi connectivity index (χ2v) is 7.27. The average molecular weight is 411 g/mol. The molecule has 0 fully saturated rings. The molecular formula is C23H17N5OS. The third-order valence-electron chi connectivity index (χ3n) is 5.01. The maximum Gasteiger partial charge on any atom is 0.265 e. The lowest BCUT2D eigenvalue weighted by molar-refractivity contribution is 0.895. The van der Waals surface area contributed by atoms with Crippen LogP contribution in [0.15, 0.2) is 83.7 Å². The van der Waals surface area contributed by atoms with Crippen LogP contribution >= 0.6 is 12.2 Å². The molecule has 2 heterocycles. The largest absolute Gasteiger partial charge is 0.268 e. The fourth-order valence-corrected chi connectivity index (χ4v) is 3.85. The van der Waals surface area contributed by atoms with E-state index in [1.54, 1.807) is 10.6 Å². The van der Waals surface area contributed by atoms with Crippen molar-refractivity contribution < 1.29 is 0 Å². The predicted octanol–water partition coefficient (Wildman–Crippen LogP) is 4.60. The van der Waals surface area contributed by atoms with Crippen LogP contribution in [0.4, 0.5) is 0 Å². The summed E-state index contributed by atoms with van der Waals surface area (Å²) < 4.78 is 4.03. The van der Waals surface area contributed by atoms with E-state index in [1.165, 1.54) is 0 Å². The van der Waals surface area contributed by atoms with E-state index in [2.05, 4.69) is 15.2 Å². The summed E-state index contributed by atoms with van der Waals surface area (Å²) in [6, 6.07) is 24.9. The smallest absolute Gasteiger partial charge is 0.265 e. The van der Waals surface area contributed by atoms with Gasteiger partial charge in [-0.15, -0.1) is 0 Å². The highest BCUT2D eigenvalue weighted by Crippen LogP contribution is 2.23. The molecule has 0 atom stereocenters. The number of para-hydroxylation sites is 2. The Kier molecular flexibility index (Phi) is 4.37. The van der Waals surface area contributed by atoms with Gasteiger partial charge in [0.05, 0.1) is 16.6 Å². The number of hydrogen-bond donors (Lipinski definition) is 1. The van der Waals surface area contributed by atoms with E-state index in [0.29, 0.717) is 27.3 Å². The van der Waals surface area contributed by atoms with Crippen molar-refractivity contribution in [3.05, 3.63) is 99.8 Å². The molecule has 0 saturated carbocycles. The number of aromatic amines is 1. The zero-order chi connectivity index (χ0) is 20.7. The number of aryl methyl sites for hydroxylation is 1. The molecule has 0 aliphatic heterocycles. The van der Waals surface area contributed by atoms with Gasteiger partial charge in [0.1, 0.15) is 5.82 Å². The van der Waals surface area contributed by atoms with Crippen LogP contribution in [0.5, 0.6) is 0 Å². The molecule has 7 heteroatoms. The standard InChI is InChI=1S/C23H17N5OS/c1-15-24-20-10-6-5-9-19(20)22(29)27(15)18-13-11-16(12-14-18)21-25-26-23(30)28(21)17-7-3-2-4-8-17/h2-14H,1H3,(H,26,30). The van der Waals surface area contributed by atoms with E-state index in [-0.39, 0.29) is 5.56 Å². The van der Waals surface area contributed by atoms with Gasteiger partial charge in [0.2, 0.25) is 0 Å². The molecule has 5 aromatic rings. The van der Waals surface area contributed by atoms with Crippen molar-refractivity contribution in [2.24, 2.45) is 0 Å². The van der Waals surface area contributed by atoms with Gasteiger partial charge in [0.15, 0.2) is 10.6 Å². The molecule has 0 radical (unpaired) electrons. The van der Waals surface area contributed by atoms with Gasteiger partial charge in [-0.25, -0.2) is 4.98 Å². The minimum absolute atomic E-state index is 0.0854. The monoisotopic (exact) mass is 411 g/mol. The van der Waals surface area contributed by atoms with Crippen LogP contribution in [-0.4, -0.2) is 24.3 Å². The van der Waals surface area contributed by atoms with Crippen LogP contribution in [0.3, 0.4) is 0 Å². The SMILES string of the molecule is Cc1nc2ccccc2c(=O)n1-c1ccc(-c2n[nH]c(=S)n2-c2ccccc2)cc1. The summed E-state index contributed by atoms with van der Waals surface area (Å²) in [7, 11) is 0. The van der Waals surface area contributed by atoms with Gasteiger partial charge in [0, 0.05) is 11.3 Å². The maximum atomic E-state index is 13.0. The Morgan fingerprint density at radius 3 is 2.27 bits per heavy atom. The van der Waals surface area contributed by atoms with Crippen molar-refractivity contribution >= 4 is 23.1 Å². The van der Waals surface area contributed by atoms with Crippen LogP contribution < -0.4 is 5.56 Å². The molecule has 0 amide bonds. The van der Waals surface area contributed by atoms with Gasteiger partial charge in [0.25, 0.3) is 5.56 Å². The number of hydrogen-bond acceptors (Lipinski definition) is 4. The van der Waals surface area contributed by atoms with Crippen LogP contribution in [-0.2, 0) is 0 Å². The molecule has 0 saturated heterocycles. The summed E-state index contributed by atoms with van der Waals surface area (Å²) in [6.45, 7) is 1.84. The quantitative estimate of drug-likeness (QED) is 0.441. The molecule has 146 valence electrons. The number of rotatable bonds is 3. The van der Waals surface area contributed by atoms with E-state index in [0.717, 1.165) is 16.9 Å². The van der Waals surface area contributed by atoms with Crippen molar-refractivity contribution in [3.63, 3.8) is 0 Å². The van der Waals surface area contributed by atoms with Crippen molar-refractivity contribution in [1.82, 2.24) is 24.3 Å². The summed E-state index contributed by atoms with van der Waals surface area (Å²) in [5, 5.41) is 7.87. The second-order valence-electron chi connectivity index (χ2n) is 6.89. The lowest BCUT2D eigenvalue weighted by Gasteiger charge is -2.12. The summed E-state index contributed by atoms with van der Waals surface area (Å²) in [6.07, 6.45) is 0. The zero-order valence-corrected chi connectivity index (χ0v) is 16.9. The minimum atomic E-state index is -0.0854. The van der Waals surface area contributed by atoms with E-state index < -0.39 is 0 Å². The molecule has 30 heavy (non-hydrogen) atoms. The summed E-state index contributed by atoms with van der Waals surface area (Å²) in [4.78, 5) is 17.6. The van der Waals surface area contributed by atoms with E-state index >= 15 is 0 Å². The topological polar surface area (TPSA) is 68.5 Å². The average Bonchev–Trinajstić information content (AvgIpc) is 3.16. The lowest BCUT2D eigenvalue weighted by Crippen LogP contribution is -2.22. The fraction of sp³-hybridized carbons (Fsp3) is 0.0435. The van der Waals surface area contributed by atoms with Crippen molar-refractivity contribution in [3.8, 4) is 22.8 Å². The molecule has 0 aliphatic carbocycles. The van der Waals surface area contributed by atoms with E-state index in [9.17, 15) is 4.79 Å². The number of H-pyrrole nitrogens is 1. The highest BCUT2D eigenvalue weighted by Gasteiger charge is 2.13. The van der Waals surface area contributed by atoms with Gasteiger partial charge in [-0.2, -0.15) is 5.10 Å². The van der Waals surface area contributed by atoms with E-state index in [1.807, 2.05) is 84.3 Å². The molecule has 0 unspecified atom stereocenters. The normalized spacial score (nSPS) is 11.1. The van der Waals surface area contributed by atoms with Crippen LogP contribution in [0.25, 0.3) is 33.7 Å². The molecular weight excluding hydrogens is 394 g/mol. The maximum absolute atomic E-state index is 13.0. The van der Waals surface area contributed by atoms with Crippen molar-refractivity contribution in [2.75, 3.05) is 0 Å². The Hall–Kier alpha value is -3.84. The number of aromatic nitrogens is 5. The highest BCUT2D eigenvalue weighted by molar-refractivity contribution is 7.71. The van der Waals surface area contributed by atoms with Crippen LogP contribution in [0.2, 0.25) is 0 Å². The molecule has 3 aromatic carbocycles. The number of nitrogens with one attached hydrogen (secondary N) is 1. The van der Waals surface area contributed by atoms with E-state index in [4.69, 9.17) is 12.2 Å². The first-order valence-electron chi connectivity index (χ1n) is 9.45. The zero-order valence-electron chi connectivity index (χ0n) is 16.1. The van der Waals surface area contributed by atoms with Crippen LogP contribution in [0.1, 0.15) is 5.82 Å². The Morgan fingerprint density at radius 2 is 1.50 bits per heavy atom. The number of nitrogens with zero attached hydrogens (tertiary/aromatic N) is 4. The Balaban J connectivity index is 1.62. The number of benzene rings is 3. The summed E-state index contributed by atoms with van der Waals surface area (Å²) in [5.74, 6) is 1.34. The summed E-state index contributed by atoms with van der Waals surface area (Å²) in [5.41, 5.74) is 3.18. The molecule has 1 N–H and O–H groups in total. The first-order valence-corrected chi connectivity index (χ1v) is 9.86. The molecule has 2 aromatic heterocycles. The molecule has 0 aliphatic rings. The Morgan fingerprint density at radius 1 is 0.833 bits per heavy atom. The fourth-order valence-electron chi connectivity index (χ4n) is 3.61. The first-order chi connectivity index (χ1) is 14.6. The van der Waals surface area contributed by atoms with Crippen molar-refractivity contribution in [2.45, 2.75) is 6.92 Å². The predicted molar refractivity (Wildman–Crippen MR) is 120 cm³/mol. The third kappa shape index (κ3) is 2.96. The van der Waals surface area contributed by atoms with Gasteiger partial charge >= 0.3 is 0 Å². The van der Waals surface area contributed by atoms with Gasteiger partial charge in [-0.3, -0.25) is 19.0 Å². The third-order valence-corrected chi connectivity index (χ3v) is 5.29. The Bertz CT molecular complexity index is 1480. The Labute approximate surface area is 177 Å². The highest BCUT2D eigenvalue weighted by atomic mass is 32.1. The van der Waals surface area contributed by atoms with Gasteiger partial charge in [-0.1, -0.05) is 30.3 Å². The second kappa shape index (κ2) is 7.20. The number of fused-ring (bicyclic) bond motifs is 1. The van der Waals surface area contributed by atoms with Gasteiger partial charge < -0.3 is 0 Å². The summed E-state index contributed by atoms with van der Waals surface area (Å²) >= 11 is 5.43. The van der Waals surface area contributed by atoms with Crippen molar-refractivity contribution in [1.29, 1.82) is 0 Å². The lowest BCUT2D eigenvalue weighted by atomic mass is 10.1. The molecule has 6 nitrogen and oxygen atoms in total. The van der Waals surface area contributed by atoms with Crippen LogP contribution in [0, 0.1) is 11.7 Å². The van der Waals surface area contributed by atoms with Gasteiger partial charge in [-0.05, 0) is 67.7 Å². The molecule has 0 bridgehead atoms.